The average molecular weight is 427 g/mol. The molecule has 1 heterocycles. The Labute approximate surface area is 182 Å². The summed E-state index contributed by atoms with van der Waals surface area (Å²) in [5, 5.41) is 33.0. The number of benzene rings is 2. The van der Waals surface area contributed by atoms with Gasteiger partial charge in [0.05, 0.1) is 12.2 Å². The molecule has 0 saturated carbocycles. The first-order valence-corrected chi connectivity index (χ1v) is 11.0. The van der Waals surface area contributed by atoms with Gasteiger partial charge in [0, 0.05) is 24.8 Å². The molecule has 1 aliphatic heterocycles. The van der Waals surface area contributed by atoms with Crippen LogP contribution in [0.5, 0.6) is 11.5 Å². The Kier molecular flexibility index (Phi) is 5.95. The molecule has 4 rings (SSSR count). The number of hydrogen-bond acceptors (Lipinski definition) is 6. The molecule has 166 valence electrons. The van der Waals surface area contributed by atoms with E-state index in [1.54, 1.807) is 12.1 Å². The monoisotopic (exact) mass is 426 g/mol. The van der Waals surface area contributed by atoms with Crippen LogP contribution in [0.3, 0.4) is 0 Å². The summed E-state index contributed by atoms with van der Waals surface area (Å²) in [6.07, 6.45) is 2.41. The molecule has 2 aromatic rings. The number of rotatable bonds is 7. The summed E-state index contributed by atoms with van der Waals surface area (Å²) < 4.78 is 11.3. The van der Waals surface area contributed by atoms with Crippen LogP contribution in [0.15, 0.2) is 36.4 Å². The Morgan fingerprint density at radius 1 is 1.23 bits per heavy atom. The van der Waals surface area contributed by atoms with E-state index in [-0.39, 0.29) is 30.0 Å². The molecule has 2 aromatic carbocycles. The van der Waals surface area contributed by atoms with Crippen molar-refractivity contribution >= 4 is 5.97 Å². The Morgan fingerprint density at radius 2 is 2.00 bits per heavy atom. The predicted octanol–water partition coefficient (Wildman–Crippen LogP) is 3.69. The maximum absolute atomic E-state index is 11.6. The van der Waals surface area contributed by atoms with Crippen molar-refractivity contribution in [2.75, 3.05) is 6.61 Å². The zero-order chi connectivity index (χ0) is 22.2. The summed E-state index contributed by atoms with van der Waals surface area (Å²) in [4.78, 5) is 11.2. The lowest BCUT2D eigenvalue weighted by atomic mass is 9.87. The Morgan fingerprint density at radius 3 is 2.74 bits per heavy atom. The highest BCUT2D eigenvalue weighted by atomic mass is 16.6. The molecule has 1 unspecified atom stereocenters. The highest BCUT2D eigenvalue weighted by molar-refractivity contribution is 5.65. The van der Waals surface area contributed by atoms with Crippen LogP contribution in [0.4, 0.5) is 0 Å². The van der Waals surface area contributed by atoms with Crippen molar-refractivity contribution in [3.63, 3.8) is 0 Å². The van der Waals surface area contributed by atoms with Crippen molar-refractivity contribution in [3.05, 3.63) is 58.7 Å². The first kappa shape index (κ1) is 21.7. The SMILES string of the molecule is CCCCc1ccc(O)c(CC2c3ccccc3[C@]3(O)C[C@H](COC(C)=O)O[C@H]23)c1O. The van der Waals surface area contributed by atoms with Gasteiger partial charge in [0.15, 0.2) is 0 Å². The Bertz CT molecular complexity index is 970. The molecule has 6 heteroatoms. The molecule has 0 amide bonds. The number of fused-ring (bicyclic) bond motifs is 3. The highest BCUT2D eigenvalue weighted by Gasteiger charge is 2.58. The number of aliphatic hydroxyl groups is 1. The molecule has 0 bridgehead atoms. The van der Waals surface area contributed by atoms with E-state index in [2.05, 4.69) is 6.92 Å². The molecule has 3 N–H and O–H groups in total. The summed E-state index contributed by atoms with van der Waals surface area (Å²) in [6.45, 7) is 3.53. The minimum absolute atomic E-state index is 0.0418. The molecule has 4 atom stereocenters. The van der Waals surface area contributed by atoms with Gasteiger partial charge in [-0.1, -0.05) is 43.7 Å². The summed E-state index contributed by atoms with van der Waals surface area (Å²) in [5.41, 5.74) is 1.85. The maximum atomic E-state index is 11.6. The second kappa shape index (κ2) is 8.52. The largest absolute Gasteiger partial charge is 0.508 e. The normalized spacial score (nSPS) is 26.5. The third-order valence-electron chi connectivity index (χ3n) is 6.58. The third-order valence-corrected chi connectivity index (χ3v) is 6.58. The van der Waals surface area contributed by atoms with Gasteiger partial charge in [-0.15, -0.1) is 0 Å². The van der Waals surface area contributed by atoms with Crippen LogP contribution in [0.1, 0.15) is 61.3 Å². The van der Waals surface area contributed by atoms with Crippen molar-refractivity contribution < 1.29 is 29.6 Å². The van der Waals surface area contributed by atoms with Gasteiger partial charge in [-0.2, -0.15) is 0 Å². The molecule has 0 spiro atoms. The molecule has 0 radical (unpaired) electrons. The minimum Gasteiger partial charge on any atom is -0.508 e. The quantitative estimate of drug-likeness (QED) is 0.585. The van der Waals surface area contributed by atoms with E-state index in [1.165, 1.54) is 6.92 Å². The molecule has 31 heavy (non-hydrogen) atoms. The lowest BCUT2D eigenvalue weighted by Gasteiger charge is -2.25. The predicted molar refractivity (Wildman–Crippen MR) is 115 cm³/mol. The van der Waals surface area contributed by atoms with E-state index in [0.29, 0.717) is 18.4 Å². The van der Waals surface area contributed by atoms with Crippen molar-refractivity contribution in [3.8, 4) is 11.5 Å². The fourth-order valence-electron chi connectivity index (χ4n) is 5.09. The fourth-order valence-corrected chi connectivity index (χ4v) is 5.09. The number of phenols is 2. The number of carbonyl (C=O) groups excluding carboxylic acids is 1. The standard InChI is InChI=1S/C25H30O6/c1-3-4-7-16-10-11-22(27)20(23(16)28)12-19-18-8-5-6-9-21(18)25(29)13-17(31-24(19)25)14-30-15(2)26/h5-6,8-11,17,19,24,27-29H,3-4,7,12-14H2,1-2H3/t17-,19?,24-,25-/m1/s1. The highest BCUT2D eigenvalue weighted by Crippen LogP contribution is 2.55. The number of unbranched alkanes of at least 4 members (excludes halogenated alkanes) is 1. The van der Waals surface area contributed by atoms with E-state index in [0.717, 1.165) is 36.0 Å². The van der Waals surface area contributed by atoms with Crippen molar-refractivity contribution in [1.29, 1.82) is 0 Å². The molecule has 0 aromatic heterocycles. The van der Waals surface area contributed by atoms with Gasteiger partial charge in [-0.05, 0) is 42.0 Å². The van der Waals surface area contributed by atoms with Gasteiger partial charge >= 0.3 is 5.97 Å². The minimum atomic E-state index is -1.20. The molecule has 1 aliphatic carbocycles. The van der Waals surface area contributed by atoms with Gasteiger partial charge in [-0.3, -0.25) is 4.79 Å². The van der Waals surface area contributed by atoms with Gasteiger partial charge in [-0.25, -0.2) is 0 Å². The number of hydrogen-bond donors (Lipinski definition) is 3. The van der Waals surface area contributed by atoms with Crippen LogP contribution >= 0.6 is 0 Å². The first-order chi connectivity index (χ1) is 14.8. The van der Waals surface area contributed by atoms with E-state index < -0.39 is 17.8 Å². The lowest BCUT2D eigenvalue weighted by molar-refractivity contribution is -0.145. The molecular weight excluding hydrogens is 396 g/mol. The lowest BCUT2D eigenvalue weighted by Crippen LogP contribution is -2.33. The van der Waals surface area contributed by atoms with Crippen molar-refractivity contribution in [1.82, 2.24) is 0 Å². The van der Waals surface area contributed by atoms with E-state index >= 15 is 0 Å². The average Bonchev–Trinajstić information content (AvgIpc) is 3.19. The van der Waals surface area contributed by atoms with E-state index in [1.807, 2.05) is 24.3 Å². The summed E-state index contributed by atoms with van der Waals surface area (Å²) >= 11 is 0. The Hall–Kier alpha value is -2.57. The van der Waals surface area contributed by atoms with Crippen molar-refractivity contribution in [2.24, 2.45) is 0 Å². The van der Waals surface area contributed by atoms with Crippen LogP contribution in [0, 0.1) is 0 Å². The van der Waals surface area contributed by atoms with Crippen LogP contribution in [0.25, 0.3) is 0 Å². The molecule has 1 saturated heterocycles. The second-order valence-corrected chi connectivity index (χ2v) is 8.68. The van der Waals surface area contributed by atoms with Crippen molar-refractivity contribution in [2.45, 2.75) is 69.7 Å². The second-order valence-electron chi connectivity index (χ2n) is 8.68. The van der Waals surface area contributed by atoms with Crippen LogP contribution in [-0.2, 0) is 32.7 Å². The summed E-state index contributed by atoms with van der Waals surface area (Å²) in [5.74, 6) is -0.471. The number of phenolic OH excluding ortho intramolecular Hbond substituents is 2. The molecular formula is C25H30O6. The number of aromatic hydroxyl groups is 2. The summed E-state index contributed by atoms with van der Waals surface area (Å²) in [6, 6.07) is 11.1. The number of esters is 1. The number of carbonyl (C=O) groups is 1. The summed E-state index contributed by atoms with van der Waals surface area (Å²) in [7, 11) is 0. The fraction of sp³-hybridized carbons (Fsp3) is 0.480. The van der Waals surface area contributed by atoms with Crippen LogP contribution < -0.4 is 0 Å². The number of aryl methyl sites for hydroxylation is 1. The van der Waals surface area contributed by atoms with Gasteiger partial charge < -0.3 is 24.8 Å². The van der Waals surface area contributed by atoms with Crippen LogP contribution in [0.2, 0.25) is 0 Å². The Balaban J connectivity index is 1.66. The van der Waals surface area contributed by atoms with E-state index in [9.17, 15) is 20.1 Å². The van der Waals surface area contributed by atoms with Gasteiger partial charge in [0.2, 0.25) is 0 Å². The van der Waals surface area contributed by atoms with Gasteiger partial charge in [0.1, 0.15) is 23.7 Å². The third kappa shape index (κ3) is 3.90. The zero-order valence-corrected chi connectivity index (χ0v) is 18.0. The molecule has 6 nitrogen and oxygen atoms in total. The topological polar surface area (TPSA) is 96.2 Å². The zero-order valence-electron chi connectivity index (χ0n) is 18.0. The first-order valence-electron chi connectivity index (χ1n) is 11.0. The number of ether oxygens (including phenoxy) is 2. The van der Waals surface area contributed by atoms with Crippen LogP contribution in [-0.4, -0.2) is 40.1 Å². The molecule has 1 fully saturated rings. The van der Waals surface area contributed by atoms with Gasteiger partial charge in [0.25, 0.3) is 0 Å². The maximum Gasteiger partial charge on any atom is 0.302 e. The van der Waals surface area contributed by atoms with E-state index in [4.69, 9.17) is 9.47 Å². The molecule has 2 aliphatic rings. The smallest absolute Gasteiger partial charge is 0.302 e.